The van der Waals surface area contributed by atoms with Crippen molar-refractivity contribution >= 4 is 11.9 Å². The van der Waals surface area contributed by atoms with Gasteiger partial charge in [0, 0.05) is 12.8 Å². The minimum Gasteiger partial charge on any atom is -0.458 e. The molecule has 0 radical (unpaired) electrons. The van der Waals surface area contributed by atoms with Crippen molar-refractivity contribution in [3.63, 3.8) is 0 Å². The van der Waals surface area contributed by atoms with Gasteiger partial charge in [0.2, 0.25) is 0 Å². The van der Waals surface area contributed by atoms with Crippen molar-refractivity contribution in [1.29, 1.82) is 0 Å². The Morgan fingerprint density at radius 1 is 1.50 bits per heavy atom. The van der Waals surface area contributed by atoms with Gasteiger partial charge in [-0.3, -0.25) is 9.59 Å². The van der Waals surface area contributed by atoms with Gasteiger partial charge in [-0.05, 0) is 37.8 Å². The highest BCUT2D eigenvalue weighted by atomic mass is 16.6. The molecule has 0 unspecified atom stereocenters. The molecular weight excluding hydrogens is 284 g/mol. The van der Waals surface area contributed by atoms with Crippen molar-refractivity contribution in [3.8, 4) is 0 Å². The maximum atomic E-state index is 11.9. The monoisotopic (exact) mass is 308 g/mol. The molecule has 1 aliphatic carbocycles. The number of rotatable bonds is 1. The highest BCUT2D eigenvalue weighted by Gasteiger charge is 2.43. The van der Waals surface area contributed by atoms with Gasteiger partial charge in [0.25, 0.3) is 0 Å². The molecule has 1 heterocycles. The zero-order valence-electron chi connectivity index (χ0n) is 13.4. The van der Waals surface area contributed by atoms with Crippen molar-refractivity contribution in [2.24, 2.45) is 11.8 Å². The third kappa shape index (κ3) is 3.58. The first kappa shape index (κ1) is 16.7. The number of ether oxygens (including phenoxy) is 2. The largest absolute Gasteiger partial charge is 0.458 e. The van der Waals surface area contributed by atoms with Crippen LogP contribution in [0.3, 0.4) is 0 Å². The number of hydrogen-bond acceptors (Lipinski definition) is 5. The van der Waals surface area contributed by atoms with Crippen molar-refractivity contribution in [2.75, 3.05) is 0 Å². The van der Waals surface area contributed by atoms with E-state index in [1.807, 2.05) is 19.9 Å². The van der Waals surface area contributed by atoms with Crippen molar-refractivity contribution < 1.29 is 24.2 Å². The van der Waals surface area contributed by atoms with Gasteiger partial charge in [0.15, 0.2) is 0 Å². The number of carbonyl (C=O) groups excluding carboxylic acids is 2. The smallest absolute Gasteiger partial charge is 0.309 e. The lowest BCUT2D eigenvalue weighted by atomic mass is 9.82. The van der Waals surface area contributed by atoms with Gasteiger partial charge in [0.05, 0.1) is 12.0 Å². The van der Waals surface area contributed by atoms with E-state index >= 15 is 0 Å². The number of fused-ring (bicyclic) bond motifs is 1. The van der Waals surface area contributed by atoms with Crippen LogP contribution in [0.1, 0.15) is 40.0 Å². The molecule has 5 atom stereocenters. The van der Waals surface area contributed by atoms with Crippen LogP contribution in [-0.4, -0.2) is 35.4 Å². The van der Waals surface area contributed by atoms with E-state index in [0.29, 0.717) is 24.8 Å². The average Bonchev–Trinajstić information content (AvgIpc) is 2.69. The molecule has 22 heavy (non-hydrogen) atoms. The summed E-state index contributed by atoms with van der Waals surface area (Å²) in [7, 11) is 0. The number of aliphatic hydroxyl groups is 1. The number of allylic oxidation sites excluding steroid dienone is 1. The van der Waals surface area contributed by atoms with Gasteiger partial charge in [-0.15, -0.1) is 0 Å². The summed E-state index contributed by atoms with van der Waals surface area (Å²) in [5.41, 5.74) is 1.57. The Morgan fingerprint density at radius 2 is 2.18 bits per heavy atom. The summed E-state index contributed by atoms with van der Waals surface area (Å²) >= 11 is 0. The van der Waals surface area contributed by atoms with Gasteiger partial charge in [-0.1, -0.05) is 19.1 Å². The minimum atomic E-state index is -0.724. The van der Waals surface area contributed by atoms with Crippen LogP contribution in [0.15, 0.2) is 23.8 Å². The molecule has 0 amide bonds. The predicted molar refractivity (Wildman–Crippen MR) is 80.8 cm³/mol. The molecule has 2 rings (SSSR count). The second-order valence-electron chi connectivity index (χ2n) is 6.33. The highest BCUT2D eigenvalue weighted by molar-refractivity contribution is 5.75. The molecule has 0 aromatic rings. The van der Waals surface area contributed by atoms with Crippen LogP contribution in [0.4, 0.5) is 0 Å². The summed E-state index contributed by atoms with van der Waals surface area (Å²) in [5, 5.41) is 10.2. The standard InChI is InChI=1S/C17H24O5/c1-9-5-6-14(19)11(3)15(21-12(4)18)8-13-10(2)17(20)22-16(13)7-9/h7,10,13-16,19H,3,5-6,8H2,1-2,4H3/b9-7+/t10-,13+,14+,15-,16+/m0/s1. The zero-order valence-corrected chi connectivity index (χ0v) is 13.4. The summed E-state index contributed by atoms with van der Waals surface area (Å²) in [6.07, 6.45) is 1.96. The number of hydrogen-bond donors (Lipinski definition) is 1. The van der Waals surface area contributed by atoms with E-state index in [1.54, 1.807) is 0 Å². The molecule has 0 aromatic heterocycles. The van der Waals surface area contributed by atoms with Crippen LogP contribution < -0.4 is 0 Å². The lowest BCUT2D eigenvalue weighted by Gasteiger charge is -2.29. The van der Waals surface area contributed by atoms with Gasteiger partial charge in [-0.25, -0.2) is 0 Å². The van der Waals surface area contributed by atoms with Crippen LogP contribution >= 0.6 is 0 Å². The Bertz CT molecular complexity index is 507. The minimum absolute atomic E-state index is 0.0890. The first-order valence-electron chi connectivity index (χ1n) is 7.71. The third-order valence-corrected chi connectivity index (χ3v) is 4.59. The first-order valence-corrected chi connectivity index (χ1v) is 7.71. The lowest BCUT2D eigenvalue weighted by Crippen LogP contribution is -2.32. The fourth-order valence-electron chi connectivity index (χ4n) is 3.13. The summed E-state index contributed by atoms with van der Waals surface area (Å²) in [5.74, 6) is -1.01. The molecule has 1 N–H and O–H groups in total. The van der Waals surface area contributed by atoms with Crippen LogP contribution in [0, 0.1) is 11.8 Å². The fourth-order valence-corrected chi connectivity index (χ4v) is 3.13. The second kappa shape index (κ2) is 6.65. The van der Waals surface area contributed by atoms with Gasteiger partial charge >= 0.3 is 11.9 Å². The molecule has 2 aliphatic rings. The highest BCUT2D eigenvalue weighted by Crippen LogP contribution is 2.36. The predicted octanol–water partition coefficient (Wildman–Crippen LogP) is 2.14. The van der Waals surface area contributed by atoms with E-state index in [-0.39, 0.29) is 23.9 Å². The lowest BCUT2D eigenvalue weighted by molar-refractivity contribution is -0.146. The summed E-state index contributed by atoms with van der Waals surface area (Å²) < 4.78 is 10.8. The Hall–Kier alpha value is -1.62. The van der Waals surface area contributed by atoms with Crippen LogP contribution in [0.2, 0.25) is 0 Å². The molecule has 5 heteroatoms. The molecule has 0 spiro atoms. The number of aliphatic hydroxyl groups excluding tert-OH is 1. The van der Waals surface area contributed by atoms with E-state index in [0.717, 1.165) is 5.57 Å². The van der Waals surface area contributed by atoms with Crippen molar-refractivity contribution in [3.05, 3.63) is 23.8 Å². The van der Waals surface area contributed by atoms with Crippen LogP contribution in [0.5, 0.6) is 0 Å². The fraction of sp³-hybridized carbons (Fsp3) is 0.647. The molecule has 1 fully saturated rings. The molecular formula is C17H24O5. The molecule has 5 nitrogen and oxygen atoms in total. The summed E-state index contributed by atoms with van der Waals surface area (Å²) in [6.45, 7) is 9.04. The Labute approximate surface area is 131 Å². The number of esters is 2. The zero-order chi connectivity index (χ0) is 16.4. The Kier molecular flexibility index (Phi) is 5.06. The van der Waals surface area contributed by atoms with Gasteiger partial charge < -0.3 is 14.6 Å². The van der Waals surface area contributed by atoms with E-state index in [2.05, 4.69) is 6.58 Å². The maximum Gasteiger partial charge on any atom is 0.309 e. The molecule has 1 aliphatic heterocycles. The average molecular weight is 308 g/mol. The normalized spacial score (nSPS) is 38.5. The quantitative estimate of drug-likeness (QED) is 0.593. The van der Waals surface area contributed by atoms with E-state index in [4.69, 9.17) is 9.47 Å². The molecule has 1 saturated heterocycles. The maximum absolute atomic E-state index is 11.9. The first-order chi connectivity index (χ1) is 10.3. The molecule has 0 saturated carbocycles. The van der Waals surface area contributed by atoms with E-state index in [1.165, 1.54) is 6.92 Å². The summed E-state index contributed by atoms with van der Waals surface area (Å²) in [4.78, 5) is 23.2. The van der Waals surface area contributed by atoms with Crippen LogP contribution in [0.25, 0.3) is 0 Å². The number of carbonyl (C=O) groups is 2. The van der Waals surface area contributed by atoms with Gasteiger partial charge in [0.1, 0.15) is 12.2 Å². The molecule has 0 bridgehead atoms. The van der Waals surface area contributed by atoms with E-state index in [9.17, 15) is 14.7 Å². The van der Waals surface area contributed by atoms with E-state index < -0.39 is 18.2 Å². The van der Waals surface area contributed by atoms with Gasteiger partial charge in [-0.2, -0.15) is 0 Å². The van der Waals surface area contributed by atoms with Crippen LogP contribution in [-0.2, 0) is 19.1 Å². The second-order valence-corrected chi connectivity index (χ2v) is 6.33. The molecule has 0 aromatic carbocycles. The topological polar surface area (TPSA) is 72.8 Å². The SMILES string of the molecule is C=C1[C@H](O)CC/C(C)=C/[C@H]2OC(=O)[C@@H](C)[C@H]2C[C@@H]1OC(C)=O. The Balaban J connectivity index is 2.32. The van der Waals surface area contributed by atoms with Crippen molar-refractivity contribution in [2.45, 2.75) is 58.3 Å². The Morgan fingerprint density at radius 3 is 2.82 bits per heavy atom. The third-order valence-electron chi connectivity index (χ3n) is 4.59. The summed E-state index contributed by atoms with van der Waals surface area (Å²) in [6, 6.07) is 0. The van der Waals surface area contributed by atoms with Crippen molar-refractivity contribution in [1.82, 2.24) is 0 Å². The molecule has 122 valence electrons.